The van der Waals surface area contributed by atoms with E-state index < -0.39 is 0 Å². The summed E-state index contributed by atoms with van der Waals surface area (Å²) in [6.45, 7) is 2.02. The highest BCUT2D eigenvalue weighted by atomic mass is 35.5. The zero-order valence-corrected chi connectivity index (χ0v) is 14.0. The quantitative estimate of drug-likeness (QED) is 0.666. The van der Waals surface area contributed by atoms with E-state index in [-0.39, 0.29) is 0 Å². The molecule has 0 bridgehead atoms. The van der Waals surface area contributed by atoms with Gasteiger partial charge in [0.15, 0.2) is 0 Å². The lowest BCUT2D eigenvalue weighted by Crippen LogP contribution is -1.97. The topological polar surface area (TPSA) is 63.8 Å². The van der Waals surface area contributed by atoms with Crippen LogP contribution in [0, 0.1) is 6.92 Å². The van der Waals surface area contributed by atoms with Crippen LogP contribution in [0.3, 0.4) is 0 Å². The highest BCUT2D eigenvalue weighted by Crippen LogP contribution is 2.30. The molecule has 4 nitrogen and oxygen atoms in total. The van der Waals surface area contributed by atoms with Gasteiger partial charge >= 0.3 is 0 Å². The Morgan fingerprint density at radius 2 is 1.83 bits per heavy atom. The Balaban J connectivity index is 1.85. The Morgan fingerprint density at radius 1 is 1.00 bits per heavy atom. The fourth-order valence-corrected chi connectivity index (χ4v) is 2.95. The van der Waals surface area contributed by atoms with Crippen molar-refractivity contribution < 1.29 is 0 Å². The molecule has 2 heterocycles. The number of pyridine rings is 2. The van der Waals surface area contributed by atoms with Crippen LogP contribution in [0.25, 0.3) is 11.3 Å². The van der Waals surface area contributed by atoms with E-state index >= 15 is 0 Å². The Morgan fingerprint density at radius 3 is 2.61 bits per heavy atom. The van der Waals surface area contributed by atoms with Crippen molar-refractivity contribution in [3.8, 4) is 11.3 Å². The van der Waals surface area contributed by atoms with E-state index in [2.05, 4.69) is 14.7 Å². The smallest absolute Gasteiger partial charge is 0.136 e. The number of hydrogen-bond acceptors (Lipinski definition) is 5. The number of benzene rings is 1. The first-order valence-electron chi connectivity index (χ1n) is 7.01. The maximum absolute atomic E-state index is 6.28. The van der Waals surface area contributed by atoms with E-state index in [1.165, 1.54) is 11.9 Å². The lowest BCUT2D eigenvalue weighted by molar-refractivity contribution is 1.15. The van der Waals surface area contributed by atoms with E-state index in [9.17, 15) is 0 Å². The molecule has 0 radical (unpaired) electrons. The van der Waals surface area contributed by atoms with Crippen molar-refractivity contribution in [2.45, 2.75) is 11.9 Å². The first-order chi connectivity index (χ1) is 11.1. The number of anilines is 2. The van der Waals surface area contributed by atoms with Gasteiger partial charge < -0.3 is 10.5 Å². The van der Waals surface area contributed by atoms with E-state index in [1.807, 2.05) is 55.5 Å². The number of nitrogens with two attached hydrogens (primary N) is 1. The average molecular weight is 343 g/mol. The van der Waals surface area contributed by atoms with Gasteiger partial charge in [-0.05, 0) is 36.8 Å². The summed E-state index contributed by atoms with van der Waals surface area (Å²) in [7, 11) is 0. The molecule has 0 unspecified atom stereocenters. The van der Waals surface area contributed by atoms with Crippen LogP contribution in [-0.4, -0.2) is 9.97 Å². The number of nitrogens with zero attached hydrogens (tertiary/aromatic N) is 2. The van der Waals surface area contributed by atoms with E-state index in [4.69, 9.17) is 17.3 Å². The molecule has 0 aliphatic heterocycles. The molecule has 0 fully saturated rings. The van der Waals surface area contributed by atoms with Gasteiger partial charge in [0.2, 0.25) is 0 Å². The van der Waals surface area contributed by atoms with Gasteiger partial charge in [-0.25, -0.2) is 9.97 Å². The van der Waals surface area contributed by atoms with E-state index in [0.717, 1.165) is 27.7 Å². The van der Waals surface area contributed by atoms with Gasteiger partial charge in [0.05, 0.1) is 5.69 Å². The van der Waals surface area contributed by atoms with Gasteiger partial charge in [-0.3, -0.25) is 0 Å². The second kappa shape index (κ2) is 6.89. The van der Waals surface area contributed by atoms with E-state index in [1.54, 1.807) is 6.07 Å². The first-order valence-corrected chi connectivity index (χ1v) is 8.21. The van der Waals surface area contributed by atoms with E-state index in [0.29, 0.717) is 10.8 Å². The molecule has 3 rings (SSSR count). The zero-order chi connectivity index (χ0) is 16.2. The molecule has 0 saturated carbocycles. The number of aromatic nitrogens is 2. The molecule has 2 aromatic heterocycles. The molecule has 116 valence electrons. The van der Waals surface area contributed by atoms with Gasteiger partial charge in [-0.1, -0.05) is 41.9 Å². The van der Waals surface area contributed by atoms with Crippen LogP contribution in [0.1, 0.15) is 5.56 Å². The number of nitrogen functional groups attached to an aromatic ring is 1. The maximum Gasteiger partial charge on any atom is 0.136 e. The number of halogens is 1. The van der Waals surface area contributed by atoms with Crippen LogP contribution in [0.5, 0.6) is 0 Å². The normalized spacial score (nSPS) is 10.5. The molecule has 0 saturated heterocycles. The van der Waals surface area contributed by atoms with Crippen molar-refractivity contribution in [1.82, 2.24) is 9.97 Å². The maximum atomic E-state index is 6.28. The van der Waals surface area contributed by atoms with Gasteiger partial charge in [0.1, 0.15) is 16.7 Å². The monoisotopic (exact) mass is 342 g/mol. The molecule has 0 spiro atoms. The molecule has 6 heteroatoms. The summed E-state index contributed by atoms with van der Waals surface area (Å²) in [6, 6.07) is 17.1. The molecule has 0 amide bonds. The Kier molecular flexibility index (Phi) is 4.69. The molecule has 0 aliphatic rings. The van der Waals surface area contributed by atoms with Crippen LogP contribution in [-0.2, 0) is 0 Å². The largest absolute Gasteiger partial charge is 0.384 e. The van der Waals surface area contributed by atoms with Crippen LogP contribution in [0.2, 0.25) is 5.02 Å². The zero-order valence-electron chi connectivity index (χ0n) is 12.5. The van der Waals surface area contributed by atoms with Gasteiger partial charge in [0.25, 0.3) is 0 Å². The molecular weight excluding hydrogens is 328 g/mol. The van der Waals surface area contributed by atoms with Crippen LogP contribution in [0.15, 0.2) is 59.6 Å². The Bertz CT molecular complexity index is 838. The lowest BCUT2D eigenvalue weighted by Gasteiger charge is -2.10. The second-order valence-electron chi connectivity index (χ2n) is 4.95. The fourth-order valence-electron chi connectivity index (χ4n) is 2.10. The third kappa shape index (κ3) is 3.75. The summed E-state index contributed by atoms with van der Waals surface area (Å²) >= 11 is 7.65. The van der Waals surface area contributed by atoms with Crippen LogP contribution < -0.4 is 10.5 Å². The second-order valence-corrected chi connectivity index (χ2v) is 6.18. The molecule has 0 aliphatic carbocycles. The van der Waals surface area contributed by atoms with Crippen molar-refractivity contribution >= 4 is 35.2 Å². The summed E-state index contributed by atoms with van der Waals surface area (Å²) in [5.74, 6) is 1.23. The molecule has 3 N–H and O–H groups in total. The van der Waals surface area contributed by atoms with Crippen molar-refractivity contribution in [3.05, 3.63) is 65.2 Å². The molecule has 23 heavy (non-hydrogen) atoms. The summed E-state index contributed by atoms with van der Waals surface area (Å²) in [5.41, 5.74) is 8.53. The Hall–Kier alpha value is -2.24. The molecule has 0 atom stereocenters. The molecule has 1 aromatic carbocycles. The average Bonchev–Trinajstić information content (AvgIpc) is 2.55. The van der Waals surface area contributed by atoms with Gasteiger partial charge in [0, 0.05) is 22.5 Å². The lowest BCUT2D eigenvalue weighted by atomic mass is 10.1. The van der Waals surface area contributed by atoms with Gasteiger partial charge in [-0.15, -0.1) is 0 Å². The number of rotatable bonds is 4. The Labute approximate surface area is 144 Å². The van der Waals surface area contributed by atoms with Crippen molar-refractivity contribution in [2.24, 2.45) is 0 Å². The molecule has 3 aromatic rings. The predicted octanol–water partition coefficient (Wildman–Crippen LogP) is 4.81. The number of aryl methyl sites for hydroxylation is 1. The summed E-state index contributed by atoms with van der Waals surface area (Å²) < 4.78 is 3.19. The number of hydrogen-bond donors (Lipinski definition) is 2. The fraction of sp³-hybridized carbons (Fsp3) is 0.0588. The third-order valence-electron chi connectivity index (χ3n) is 3.23. The minimum atomic E-state index is 0.491. The van der Waals surface area contributed by atoms with Crippen molar-refractivity contribution in [3.63, 3.8) is 0 Å². The predicted molar refractivity (Wildman–Crippen MR) is 97.5 cm³/mol. The first kappa shape index (κ1) is 15.6. The number of nitrogens with one attached hydrogen (secondary N) is 1. The van der Waals surface area contributed by atoms with Crippen LogP contribution in [0.4, 0.5) is 11.6 Å². The van der Waals surface area contributed by atoms with Crippen molar-refractivity contribution in [2.75, 3.05) is 10.5 Å². The minimum Gasteiger partial charge on any atom is -0.384 e. The standard InChI is InChI=1S/C17H15ClN4S/c1-11-9-10-15(22-23-16-8-4-7-14(19)20-16)21-17(11)12-5-2-3-6-13(12)18/h2-10H,1H3,(H2,19,20)(H,21,22). The SMILES string of the molecule is Cc1ccc(NSc2cccc(N)n2)nc1-c1ccccc1Cl. The van der Waals surface area contributed by atoms with Crippen LogP contribution >= 0.6 is 23.5 Å². The third-order valence-corrected chi connectivity index (χ3v) is 4.31. The molecular formula is C17H15ClN4S. The minimum absolute atomic E-state index is 0.491. The summed E-state index contributed by atoms with van der Waals surface area (Å²) in [4.78, 5) is 8.90. The summed E-state index contributed by atoms with van der Waals surface area (Å²) in [5, 5.41) is 1.47. The summed E-state index contributed by atoms with van der Waals surface area (Å²) in [6.07, 6.45) is 0. The van der Waals surface area contributed by atoms with Crippen molar-refractivity contribution in [1.29, 1.82) is 0 Å². The van der Waals surface area contributed by atoms with Gasteiger partial charge in [-0.2, -0.15) is 0 Å². The highest BCUT2D eigenvalue weighted by molar-refractivity contribution is 8.00. The highest BCUT2D eigenvalue weighted by Gasteiger charge is 2.09.